The number of nitrogens with one attached hydrogen (secondary N) is 1. The lowest BCUT2D eigenvalue weighted by Gasteiger charge is -2.28. The van der Waals surface area contributed by atoms with E-state index in [4.69, 9.17) is 4.74 Å². The van der Waals surface area contributed by atoms with E-state index in [1.54, 1.807) is 6.92 Å². The van der Waals surface area contributed by atoms with Gasteiger partial charge in [-0.25, -0.2) is 9.59 Å². The van der Waals surface area contributed by atoms with Crippen LogP contribution in [0, 0.1) is 5.92 Å². The Bertz CT molecular complexity index is 1010. The number of nitrogens with zero attached hydrogens (tertiary/aromatic N) is 1. The highest BCUT2D eigenvalue weighted by atomic mass is 16.5. The van der Waals surface area contributed by atoms with Gasteiger partial charge in [-0.05, 0) is 55.9 Å². The fraction of sp³-hybridized carbons (Fsp3) is 0.464. The zero-order valence-corrected chi connectivity index (χ0v) is 21.0. The Kier molecular flexibility index (Phi) is 8.90. The number of rotatable bonds is 11. The minimum Gasteiger partial charge on any atom is -0.480 e. The van der Waals surface area contributed by atoms with Gasteiger partial charge in [-0.1, -0.05) is 61.9 Å². The average molecular weight is 481 g/mol. The summed E-state index contributed by atoms with van der Waals surface area (Å²) in [6.07, 6.45) is 1.60. The molecule has 188 valence electrons. The summed E-state index contributed by atoms with van der Waals surface area (Å²) >= 11 is 0. The van der Waals surface area contributed by atoms with Crippen molar-refractivity contribution >= 4 is 18.0 Å². The van der Waals surface area contributed by atoms with E-state index in [0.717, 1.165) is 6.42 Å². The normalized spacial score (nSPS) is 14.9. The summed E-state index contributed by atoms with van der Waals surface area (Å²) in [5.41, 5.74) is 4.72. The maximum Gasteiger partial charge on any atom is 0.407 e. The molecule has 7 heteroatoms. The summed E-state index contributed by atoms with van der Waals surface area (Å²) < 4.78 is 5.60. The minimum absolute atomic E-state index is 0.0185. The predicted octanol–water partition coefficient (Wildman–Crippen LogP) is 5.04. The lowest BCUT2D eigenvalue weighted by atomic mass is 9.98. The first-order valence-corrected chi connectivity index (χ1v) is 12.4. The van der Waals surface area contributed by atoms with Crippen LogP contribution in [0.3, 0.4) is 0 Å². The van der Waals surface area contributed by atoms with E-state index >= 15 is 0 Å². The number of hydrogen-bond acceptors (Lipinski definition) is 4. The number of amides is 2. The molecule has 2 aromatic carbocycles. The van der Waals surface area contributed by atoms with Crippen molar-refractivity contribution in [3.05, 3.63) is 59.7 Å². The number of hydrogen-bond donors (Lipinski definition) is 2. The quantitative estimate of drug-likeness (QED) is 0.470. The SMILES string of the molecule is CCN(C(=O)C(C)CCCC(C)NC(=O)OCC1c2ccccc2-c2ccccc21)C(C)C(=O)O. The van der Waals surface area contributed by atoms with Crippen LogP contribution in [0.4, 0.5) is 4.79 Å². The Hall–Kier alpha value is -3.35. The summed E-state index contributed by atoms with van der Waals surface area (Å²) in [6.45, 7) is 7.67. The smallest absolute Gasteiger partial charge is 0.407 e. The molecule has 0 radical (unpaired) electrons. The molecule has 0 spiro atoms. The van der Waals surface area contributed by atoms with Crippen molar-refractivity contribution in [3.63, 3.8) is 0 Å². The number of carbonyl (C=O) groups is 3. The molecular weight excluding hydrogens is 444 g/mol. The number of ether oxygens (including phenoxy) is 1. The van der Waals surface area contributed by atoms with E-state index < -0.39 is 18.1 Å². The molecule has 0 aliphatic heterocycles. The molecule has 2 aromatic rings. The van der Waals surface area contributed by atoms with Gasteiger partial charge < -0.3 is 20.1 Å². The lowest BCUT2D eigenvalue weighted by Crippen LogP contribution is -2.45. The van der Waals surface area contributed by atoms with Crippen LogP contribution >= 0.6 is 0 Å². The van der Waals surface area contributed by atoms with Crippen LogP contribution in [0.1, 0.15) is 64.0 Å². The Morgan fingerprint density at radius 3 is 2.09 bits per heavy atom. The molecule has 0 aromatic heterocycles. The fourth-order valence-electron chi connectivity index (χ4n) is 4.80. The van der Waals surface area contributed by atoms with Crippen LogP contribution in [-0.4, -0.2) is 53.2 Å². The standard InChI is InChI=1S/C28H36N2O5/c1-5-30(20(4)27(32)33)26(31)18(2)11-10-12-19(3)29-28(34)35-17-25-23-15-8-6-13-21(23)22-14-7-9-16-24(22)25/h6-9,13-16,18-20,25H,5,10-12,17H2,1-4H3,(H,29,34)(H,32,33). The van der Waals surface area contributed by atoms with Crippen molar-refractivity contribution in [2.75, 3.05) is 13.2 Å². The first-order valence-electron chi connectivity index (χ1n) is 12.4. The van der Waals surface area contributed by atoms with Gasteiger partial charge in [-0.2, -0.15) is 0 Å². The topological polar surface area (TPSA) is 95.9 Å². The second-order valence-corrected chi connectivity index (χ2v) is 9.34. The van der Waals surface area contributed by atoms with Crippen LogP contribution in [0.5, 0.6) is 0 Å². The molecule has 0 bridgehead atoms. The minimum atomic E-state index is -1.01. The van der Waals surface area contributed by atoms with Crippen molar-refractivity contribution in [2.45, 2.75) is 65.0 Å². The molecule has 7 nitrogen and oxygen atoms in total. The van der Waals surface area contributed by atoms with Crippen molar-refractivity contribution in [2.24, 2.45) is 5.92 Å². The van der Waals surface area contributed by atoms with Gasteiger partial charge in [0.05, 0.1) is 0 Å². The van der Waals surface area contributed by atoms with Crippen molar-refractivity contribution in [1.29, 1.82) is 0 Å². The third-order valence-electron chi connectivity index (χ3n) is 6.85. The predicted molar refractivity (Wildman–Crippen MR) is 135 cm³/mol. The summed E-state index contributed by atoms with van der Waals surface area (Å²) in [4.78, 5) is 37.7. The van der Waals surface area contributed by atoms with Gasteiger partial charge in [0.15, 0.2) is 0 Å². The maximum atomic E-state index is 12.6. The Morgan fingerprint density at radius 1 is 0.971 bits per heavy atom. The molecule has 35 heavy (non-hydrogen) atoms. The van der Waals surface area contributed by atoms with Crippen LogP contribution in [0.15, 0.2) is 48.5 Å². The van der Waals surface area contributed by atoms with Crippen molar-refractivity contribution < 1.29 is 24.2 Å². The van der Waals surface area contributed by atoms with E-state index in [1.165, 1.54) is 34.1 Å². The van der Waals surface area contributed by atoms with E-state index in [0.29, 0.717) is 19.4 Å². The molecule has 3 atom stereocenters. The highest BCUT2D eigenvalue weighted by Crippen LogP contribution is 2.44. The first kappa shape index (κ1) is 26.3. The molecule has 0 saturated heterocycles. The third-order valence-corrected chi connectivity index (χ3v) is 6.85. The molecule has 1 aliphatic carbocycles. The molecule has 0 fully saturated rings. The molecule has 3 unspecified atom stereocenters. The van der Waals surface area contributed by atoms with Crippen LogP contribution in [-0.2, 0) is 14.3 Å². The Labute approximate surface area is 207 Å². The largest absolute Gasteiger partial charge is 0.480 e. The number of carbonyl (C=O) groups excluding carboxylic acids is 2. The summed E-state index contributed by atoms with van der Waals surface area (Å²) in [5.74, 6) is -1.42. The van der Waals surface area contributed by atoms with E-state index in [1.807, 2.05) is 38.1 Å². The third kappa shape index (κ3) is 6.21. The molecule has 3 rings (SSSR count). The fourth-order valence-corrected chi connectivity index (χ4v) is 4.80. The van der Waals surface area contributed by atoms with Gasteiger partial charge in [0, 0.05) is 24.4 Å². The number of fused-ring (bicyclic) bond motifs is 3. The second-order valence-electron chi connectivity index (χ2n) is 9.34. The molecular formula is C28H36N2O5. The van der Waals surface area contributed by atoms with Crippen LogP contribution in [0.25, 0.3) is 11.1 Å². The average Bonchev–Trinajstić information content (AvgIpc) is 3.16. The Morgan fingerprint density at radius 2 is 1.54 bits per heavy atom. The highest BCUT2D eigenvalue weighted by Gasteiger charge is 2.29. The maximum absolute atomic E-state index is 12.6. The lowest BCUT2D eigenvalue weighted by molar-refractivity contribution is -0.150. The molecule has 2 N–H and O–H groups in total. The van der Waals surface area contributed by atoms with Gasteiger partial charge in [0.25, 0.3) is 0 Å². The first-order chi connectivity index (χ1) is 16.7. The van der Waals surface area contributed by atoms with Gasteiger partial charge in [0.1, 0.15) is 12.6 Å². The Balaban J connectivity index is 1.44. The monoisotopic (exact) mass is 480 g/mol. The van der Waals surface area contributed by atoms with Crippen LogP contribution in [0.2, 0.25) is 0 Å². The van der Waals surface area contributed by atoms with Crippen molar-refractivity contribution in [3.8, 4) is 11.1 Å². The number of likely N-dealkylation sites (N-methyl/N-ethyl adjacent to an activating group) is 1. The number of carboxylic acids is 1. The zero-order chi connectivity index (χ0) is 25.5. The number of alkyl carbamates (subject to hydrolysis) is 1. The van der Waals surface area contributed by atoms with Gasteiger partial charge in [-0.3, -0.25) is 4.79 Å². The van der Waals surface area contributed by atoms with Crippen molar-refractivity contribution in [1.82, 2.24) is 10.2 Å². The molecule has 2 amide bonds. The van der Waals surface area contributed by atoms with Gasteiger partial charge in [-0.15, -0.1) is 0 Å². The summed E-state index contributed by atoms with van der Waals surface area (Å²) in [5, 5.41) is 12.1. The zero-order valence-electron chi connectivity index (χ0n) is 21.0. The summed E-state index contributed by atoms with van der Waals surface area (Å²) in [6, 6.07) is 15.5. The number of benzene rings is 2. The second kappa shape index (κ2) is 11.9. The van der Waals surface area contributed by atoms with E-state index in [9.17, 15) is 19.5 Å². The number of carboxylic acid groups (broad SMARTS) is 1. The number of aliphatic carboxylic acids is 1. The summed E-state index contributed by atoms with van der Waals surface area (Å²) in [7, 11) is 0. The van der Waals surface area contributed by atoms with E-state index in [-0.39, 0.29) is 30.4 Å². The van der Waals surface area contributed by atoms with E-state index in [2.05, 4.69) is 29.6 Å². The van der Waals surface area contributed by atoms with Gasteiger partial charge in [0.2, 0.25) is 5.91 Å². The molecule has 1 aliphatic rings. The molecule has 0 heterocycles. The highest BCUT2D eigenvalue weighted by molar-refractivity contribution is 5.84. The molecule has 0 saturated carbocycles. The van der Waals surface area contributed by atoms with Gasteiger partial charge >= 0.3 is 12.1 Å². The van der Waals surface area contributed by atoms with Crippen LogP contribution < -0.4 is 5.32 Å².